The summed E-state index contributed by atoms with van der Waals surface area (Å²) in [5.41, 5.74) is 1.19. The van der Waals surface area contributed by atoms with Crippen LogP contribution in [0.2, 0.25) is 0 Å². The van der Waals surface area contributed by atoms with Crippen LogP contribution in [0.4, 0.5) is 0 Å². The quantitative estimate of drug-likeness (QED) is 0.759. The lowest BCUT2D eigenvalue weighted by Gasteiger charge is -2.12. The van der Waals surface area contributed by atoms with Crippen LogP contribution < -0.4 is 9.47 Å². The van der Waals surface area contributed by atoms with Crippen LogP contribution in [0.3, 0.4) is 0 Å². The van der Waals surface area contributed by atoms with Crippen LogP contribution in [-0.4, -0.2) is 27.4 Å². The van der Waals surface area contributed by atoms with Gasteiger partial charge in [-0.25, -0.2) is 0 Å². The van der Waals surface area contributed by atoms with E-state index in [9.17, 15) is 0 Å². The molecule has 3 nitrogen and oxygen atoms in total. The van der Waals surface area contributed by atoms with Crippen molar-refractivity contribution in [1.29, 1.82) is 0 Å². The molecule has 1 aliphatic heterocycles. The van der Waals surface area contributed by atoms with E-state index >= 15 is 0 Å². The summed E-state index contributed by atoms with van der Waals surface area (Å²) in [4.78, 5) is 0. The van der Waals surface area contributed by atoms with Gasteiger partial charge < -0.3 is 14.2 Å². The van der Waals surface area contributed by atoms with Crippen molar-refractivity contribution in [2.24, 2.45) is 0 Å². The zero-order valence-electron chi connectivity index (χ0n) is 9.08. The minimum atomic E-state index is 0.732. The van der Waals surface area contributed by atoms with Crippen molar-refractivity contribution in [3.63, 3.8) is 0 Å². The molecule has 0 bridgehead atoms. The van der Waals surface area contributed by atoms with Gasteiger partial charge in [-0.1, -0.05) is 6.07 Å². The fourth-order valence-electron chi connectivity index (χ4n) is 1.75. The topological polar surface area (TPSA) is 27.7 Å². The second-order valence-electron chi connectivity index (χ2n) is 3.48. The molecule has 81 valence electrons. The van der Waals surface area contributed by atoms with E-state index in [1.54, 1.807) is 14.2 Å². The molecule has 15 heavy (non-hydrogen) atoms. The number of hydrogen-bond acceptors (Lipinski definition) is 3. The Morgan fingerprint density at radius 1 is 1.13 bits per heavy atom. The van der Waals surface area contributed by atoms with Crippen LogP contribution >= 0.6 is 0 Å². The molecule has 1 aromatic carbocycles. The fourth-order valence-corrected chi connectivity index (χ4v) is 1.75. The molecule has 0 N–H and O–H groups in total. The second-order valence-corrected chi connectivity index (χ2v) is 3.48. The predicted octanol–water partition coefficient (Wildman–Crippen LogP) is 2.05. The average molecular weight is 207 g/mol. The summed E-state index contributed by atoms with van der Waals surface area (Å²) in [6.45, 7) is 1.55. The molecule has 0 amide bonds. The second kappa shape index (κ2) is 4.53. The number of rotatable bonds is 3. The molecule has 1 saturated heterocycles. The van der Waals surface area contributed by atoms with Crippen molar-refractivity contribution in [2.45, 2.75) is 6.42 Å². The highest BCUT2D eigenvalue weighted by atomic mass is 16.5. The Morgan fingerprint density at radius 3 is 2.53 bits per heavy atom. The van der Waals surface area contributed by atoms with E-state index in [2.05, 4.69) is 0 Å². The molecule has 0 spiro atoms. The third-order valence-corrected chi connectivity index (χ3v) is 2.62. The molecule has 0 aliphatic carbocycles. The summed E-state index contributed by atoms with van der Waals surface area (Å²) in [6.07, 6.45) is 1.01. The van der Waals surface area contributed by atoms with E-state index in [4.69, 9.17) is 14.2 Å². The lowest BCUT2D eigenvalue weighted by atomic mass is 9.98. The first-order valence-electron chi connectivity index (χ1n) is 5.00. The molecular formula is C12H15O3. The van der Waals surface area contributed by atoms with Crippen molar-refractivity contribution in [1.82, 2.24) is 0 Å². The van der Waals surface area contributed by atoms with Crippen LogP contribution in [0.5, 0.6) is 11.5 Å². The maximum absolute atomic E-state index is 5.33. The molecular weight excluding hydrogens is 192 g/mol. The Kier molecular flexibility index (Phi) is 3.11. The number of methoxy groups -OCH3 is 2. The van der Waals surface area contributed by atoms with Crippen LogP contribution in [0, 0.1) is 5.92 Å². The molecule has 0 saturated carbocycles. The molecule has 1 aromatic rings. The van der Waals surface area contributed by atoms with Crippen LogP contribution in [0.15, 0.2) is 18.2 Å². The standard InChI is InChI=1S/C12H15O3/c1-13-11-4-3-9(7-12(11)14-2)10-5-6-15-8-10/h3-4,7H,5-6,8H2,1-2H3. The van der Waals surface area contributed by atoms with Crippen molar-refractivity contribution in [3.8, 4) is 11.5 Å². The molecule has 0 unspecified atom stereocenters. The van der Waals surface area contributed by atoms with Gasteiger partial charge >= 0.3 is 0 Å². The SMILES string of the molecule is COc1ccc([C]2CCOC2)cc1OC. The normalized spacial score (nSPS) is 16.7. The smallest absolute Gasteiger partial charge is 0.161 e. The van der Waals surface area contributed by atoms with Gasteiger partial charge in [0.05, 0.1) is 20.8 Å². The third kappa shape index (κ3) is 2.07. The number of ether oxygens (including phenoxy) is 3. The molecule has 2 rings (SSSR count). The molecule has 1 radical (unpaired) electrons. The van der Waals surface area contributed by atoms with Gasteiger partial charge in [-0.15, -0.1) is 0 Å². The van der Waals surface area contributed by atoms with E-state index < -0.39 is 0 Å². The van der Waals surface area contributed by atoms with Gasteiger partial charge in [-0.2, -0.15) is 0 Å². The van der Waals surface area contributed by atoms with E-state index in [0.717, 1.165) is 31.1 Å². The summed E-state index contributed by atoms with van der Waals surface area (Å²) in [6, 6.07) is 5.98. The number of hydrogen-bond donors (Lipinski definition) is 0. The highest BCUT2D eigenvalue weighted by molar-refractivity contribution is 5.47. The van der Waals surface area contributed by atoms with Gasteiger partial charge in [-0.05, 0) is 24.1 Å². The van der Waals surface area contributed by atoms with Gasteiger partial charge in [0.15, 0.2) is 11.5 Å². The van der Waals surface area contributed by atoms with Crippen LogP contribution in [0.1, 0.15) is 12.0 Å². The van der Waals surface area contributed by atoms with E-state index in [-0.39, 0.29) is 0 Å². The van der Waals surface area contributed by atoms with E-state index in [0.29, 0.717) is 0 Å². The third-order valence-electron chi connectivity index (χ3n) is 2.62. The summed E-state index contributed by atoms with van der Waals surface area (Å²) in [7, 11) is 3.29. The minimum Gasteiger partial charge on any atom is -0.493 e. The van der Waals surface area contributed by atoms with Crippen molar-refractivity contribution in [3.05, 3.63) is 29.7 Å². The first-order valence-corrected chi connectivity index (χ1v) is 5.00. The van der Waals surface area contributed by atoms with Crippen LogP contribution in [-0.2, 0) is 4.74 Å². The summed E-state index contributed by atoms with van der Waals surface area (Å²) in [5, 5.41) is 0. The molecule has 0 atom stereocenters. The Balaban J connectivity index is 2.25. The van der Waals surface area contributed by atoms with E-state index in [1.807, 2.05) is 18.2 Å². The monoisotopic (exact) mass is 207 g/mol. The maximum Gasteiger partial charge on any atom is 0.161 e. The number of benzene rings is 1. The van der Waals surface area contributed by atoms with Gasteiger partial charge in [0.1, 0.15) is 0 Å². The Bertz CT molecular complexity index is 330. The van der Waals surface area contributed by atoms with E-state index in [1.165, 1.54) is 11.5 Å². The first-order chi connectivity index (χ1) is 7.35. The van der Waals surface area contributed by atoms with Gasteiger partial charge in [0.25, 0.3) is 0 Å². The lowest BCUT2D eigenvalue weighted by Crippen LogP contribution is -2.00. The average Bonchev–Trinajstić information content (AvgIpc) is 2.81. The molecule has 1 fully saturated rings. The van der Waals surface area contributed by atoms with Crippen molar-refractivity contribution in [2.75, 3.05) is 27.4 Å². The maximum atomic E-state index is 5.33. The van der Waals surface area contributed by atoms with Gasteiger partial charge in [0, 0.05) is 12.5 Å². The first kappa shape index (κ1) is 10.3. The van der Waals surface area contributed by atoms with Crippen molar-refractivity contribution >= 4 is 0 Å². The predicted molar refractivity (Wildman–Crippen MR) is 57.3 cm³/mol. The molecule has 3 heteroatoms. The largest absolute Gasteiger partial charge is 0.493 e. The summed E-state index contributed by atoms with van der Waals surface area (Å²) < 4.78 is 15.8. The summed E-state index contributed by atoms with van der Waals surface area (Å²) >= 11 is 0. The Morgan fingerprint density at radius 2 is 1.93 bits per heavy atom. The lowest BCUT2D eigenvalue weighted by molar-refractivity contribution is 0.202. The molecule has 1 aliphatic rings. The Labute approximate surface area is 90.0 Å². The zero-order chi connectivity index (χ0) is 10.7. The molecule has 1 heterocycles. The highest BCUT2D eigenvalue weighted by Gasteiger charge is 2.19. The minimum absolute atomic E-state index is 0.732. The summed E-state index contributed by atoms with van der Waals surface area (Å²) in [5.74, 6) is 2.87. The fraction of sp³-hybridized carbons (Fsp3) is 0.417. The highest BCUT2D eigenvalue weighted by Crippen LogP contribution is 2.32. The van der Waals surface area contributed by atoms with Crippen molar-refractivity contribution < 1.29 is 14.2 Å². The van der Waals surface area contributed by atoms with Gasteiger partial charge in [0.2, 0.25) is 0 Å². The zero-order valence-corrected chi connectivity index (χ0v) is 9.08. The van der Waals surface area contributed by atoms with Crippen LogP contribution in [0.25, 0.3) is 0 Å². The Hall–Kier alpha value is -1.22. The van der Waals surface area contributed by atoms with Gasteiger partial charge in [-0.3, -0.25) is 0 Å². The molecule has 0 aromatic heterocycles.